The highest BCUT2D eigenvalue weighted by Gasteiger charge is 2.18. The molecule has 112 valence electrons. The Morgan fingerprint density at radius 1 is 1.19 bits per heavy atom. The third-order valence-electron chi connectivity index (χ3n) is 3.11. The van der Waals surface area contributed by atoms with Crippen molar-refractivity contribution in [3.05, 3.63) is 51.6 Å². The molecule has 0 aliphatic rings. The van der Waals surface area contributed by atoms with Gasteiger partial charge >= 0.3 is 0 Å². The van der Waals surface area contributed by atoms with Crippen LogP contribution in [0, 0.1) is 6.92 Å². The molecule has 4 heteroatoms. The maximum atomic E-state index is 9.42. The summed E-state index contributed by atoms with van der Waals surface area (Å²) in [5.74, 6) is 1.21. The monoisotopic (exact) mass is 349 g/mol. The Labute approximate surface area is 134 Å². The van der Waals surface area contributed by atoms with Crippen molar-refractivity contribution < 1.29 is 9.84 Å². The van der Waals surface area contributed by atoms with Crippen LogP contribution in [0.2, 0.25) is 0 Å². The standard InChI is InChI=1S/C17H20BrNO2/c1-11-5-6-14(13(18)7-11)21-16-9-12(10-20)8-15(19-16)17(2,3)4/h5-9,20H,10H2,1-4H3. The lowest BCUT2D eigenvalue weighted by atomic mass is 9.91. The predicted octanol–water partition coefficient (Wildman–Crippen LogP) is 4.73. The normalized spacial score (nSPS) is 11.5. The van der Waals surface area contributed by atoms with Crippen LogP contribution in [0.5, 0.6) is 11.6 Å². The lowest BCUT2D eigenvalue weighted by Crippen LogP contribution is -2.14. The van der Waals surface area contributed by atoms with Crippen LogP contribution >= 0.6 is 15.9 Å². The number of hydrogen-bond donors (Lipinski definition) is 1. The fourth-order valence-electron chi connectivity index (χ4n) is 1.89. The van der Waals surface area contributed by atoms with E-state index in [1.165, 1.54) is 0 Å². The number of rotatable bonds is 3. The molecular formula is C17H20BrNO2. The van der Waals surface area contributed by atoms with E-state index in [4.69, 9.17) is 4.74 Å². The van der Waals surface area contributed by atoms with E-state index in [1.807, 2.05) is 31.2 Å². The van der Waals surface area contributed by atoms with Crippen molar-refractivity contribution in [3.8, 4) is 11.6 Å². The zero-order valence-corrected chi connectivity index (χ0v) is 14.4. The molecule has 0 fully saturated rings. The van der Waals surface area contributed by atoms with E-state index in [9.17, 15) is 5.11 Å². The minimum atomic E-state index is -0.103. The molecule has 0 atom stereocenters. The van der Waals surface area contributed by atoms with Gasteiger partial charge in [0.15, 0.2) is 0 Å². The van der Waals surface area contributed by atoms with Gasteiger partial charge < -0.3 is 9.84 Å². The second-order valence-electron chi connectivity index (χ2n) is 6.14. The van der Waals surface area contributed by atoms with Crippen LogP contribution in [-0.4, -0.2) is 10.1 Å². The summed E-state index contributed by atoms with van der Waals surface area (Å²) in [4.78, 5) is 4.56. The Hall–Kier alpha value is -1.39. The van der Waals surface area contributed by atoms with E-state index in [2.05, 4.69) is 41.7 Å². The number of aliphatic hydroxyl groups is 1. The van der Waals surface area contributed by atoms with Gasteiger partial charge in [0.2, 0.25) is 5.88 Å². The summed E-state index contributed by atoms with van der Waals surface area (Å²) < 4.78 is 6.76. The molecule has 21 heavy (non-hydrogen) atoms. The van der Waals surface area contributed by atoms with Gasteiger partial charge in [0.1, 0.15) is 5.75 Å². The van der Waals surface area contributed by atoms with Crippen LogP contribution in [-0.2, 0) is 12.0 Å². The molecule has 1 aromatic carbocycles. The molecule has 0 aliphatic carbocycles. The lowest BCUT2D eigenvalue weighted by molar-refractivity contribution is 0.280. The minimum absolute atomic E-state index is 0.0307. The highest BCUT2D eigenvalue weighted by atomic mass is 79.9. The van der Waals surface area contributed by atoms with Gasteiger partial charge in [-0.25, -0.2) is 4.98 Å². The van der Waals surface area contributed by atoms with Crippen LogP contribution in [0.15, 0.2) is 34.8 Å². The van der Waals surface area contributed by atoms with Crippen LogP contribution in [0.1, 0.15) is 37.6 Å². The number of ether oxygens (including phenoxy) is 1. The van der Waals surface area contributed by atoms with Crippen molar-refractivity contribution in [2.45, 2.75) is 39.7 Å². The van der Waals surface area contributed by atoms with Crippen molar-refractivity contribution in [3.63, 3.8) is 0 Å². The Kier molecular flexibility index (Phi) is 4.69. The van der Waals surface area contributed by atoms with Gasteiger partial charge in [-0.05, 0) is 52.2 Å². The minimum Gasteiger partial charge on any atom is -0.438 e. The number of aryl methyl sites for hydroxylation is 1. The summed E-state index contributed by atoms with van der Waals surface area (Å²) in [6, 6.07) is 9.57. The van der Waals surface area contributed by atoms with Gasteiger partial charge in [0, 0.05) is 11.5 Å². The maximum absolute atomic E-state index is 9.42. The molecule has 0 aliphatic heterocycles. The fourth-order valence-corrected chi connectivity index (χ4v) is 2.46. The van der Waals surface area contributed by atoms with Gasteiger partial charge in [0.25, 0.3) is 0 Å². The Bertz CT molecular complexity index is 648. The Morgan fingerprint density at radius 3 is 2.48 bits per heavy atom. The van der Waals surface area contributed by atoms with E-state index in [0.29, 0.717) is 11.6 Å². The Morgan fingerprint density at radius 2 is 1.90 bits per heavy atom. The SMILES string of the molecule is Cc1ccc(Oc2cc(CO)cc(C(C)(C)C)n2)c(Br)c1. The first kappa shape index (κ1) is 16.0. The number of nitrogens with zero attached hydrogens (tertiary/aromatic N) is 1. The molecule has 0 saturated carbocycles. The van der Waals surface area contributed by atoms with Crippen molar-refractivity contribution >= 4 is 15.9 Å². The zero-order valence-electron chi connectivity index (χ0n) is 12.8. The van der Waals surface area contributed by atoms with E-state index < -0.39 is 0 Å². The van der Waals surface area contributed by atoms with E-state index in [1.54, 1.807) is 6.07 Å². The smallest absolute Gasteiger partial charge is 0.219 e. The van der Waals surface area contributed by atoms with Gasteiger partial charge in [-0.2, -0.15) is 0 Å². The summed E-state index contributed by atoms with van der Waals surface area (Å²) in [5.41, 5.74) is 2.75. The van der Waals surface area contributed by atoms with Crippen molar-refractivity contribution in [1.82, 2.24) is 4.98 Å². The molecule has 1 N–H and O–H groups in total. The molecule has 0 bridgehead atoms. The molecule has 0 amide bonds. The molecule has 0 saturated heterocycles. The van der Waals surface area contributed by atoms with Crippen LogP contribution in [0.3, 0.4) is 0 Å². The molecule has 0 radical (unpaired) electrons. The zero-order chi connectivity index (χ0) is 15.6. The molecule has 1 heterocycles. The average molecular weight is 350 g/mol. The van der Waals surface area contributed by atoms with E-state index in [-0.39, 0.29) is 12.0 Å². The van der Waals surface area contributed by atoms with Crippen LogP contribution < -0.4 is 4.74 Å². The van der Waals surface area contributed by atoms with Gasteiger partial charge in [0.05, 0.1) is 16.8 Å². The summed E-state index contributed by atoms with van der Waals surface area (Å²) >= 11 is 3.50. The second kappa shape index (κ2) is 6.16. The lowest BCUT2D eigenvalue weighted by Gasteiger charge is -2.19. The number of benzene rings is 1. The van der Waals surface area contributed by atoms with Crippen molar-refractivity contribution in [2.75, 3.05) is 0 Å². The number of halogens is 1. The molecule has 0 spiro atoms. The molecule has 2 rings (SSSR count). The van der Waals surface area contributed by atoms with Crippen LogP contribution in [0.25, 0.3) is 0 Å². The predicted molar refractivity (Wildman–Crippen MR) is 87.8 cm³/mol. The first-order valence-corrected chi connectivity index (χ1v) is 7.65. The van der Waals surface area contributed by atoms with Crippen LogP contribution in [0.4, 0.5) is 0 Å². The highest BCUT2D eigenvalue weighted by Crippen LogP contribution is 2.31. The van der Waals surface area contributed by atoms with Crippen molar-refractivity contribution in [1.29, 1.82) is 0 Å². The third-order valence-corrected chi connectivity index (χ3v) is 3.73. The summed E-state index contributed by atoms with van der Waals surface area (Å²) in [6.45, 7) is 8.25. The Balaban J connectivity index is 2.39. The molecule has 1 aromatic heterocycles. The van der Waals surface area contributed by atoms with E-state index >= 15 is 0 Å². The summed E-state index contributed by atoms with van der Waals surface area (Å²) in [6.07, 6.45) is 0. The first-order chi connectivity index (χ1) is 9.79. The molecule has 2 aromatic rings. The topological polar surface area (TPSA) is 42.4 Å². The quantitative estimate of drug-likeness (QED) is 0.870. The number of aromatic nitrogens is 1. The van der Waals surface area contributed by atoms with Gasteiger partial charge in [-0.15, -0.1) is 0 Å². The van der Waals surface area contributed by atoms with Gasteiger partial charge in [-0.1, -0.05) is 26.8 Å². The highest BCUT2D eigenvalue weighted by molar-refractivity contribution is 9.10. The number of pyridine rings is 1. The fraction of sp³-hybridized carbons (Fsp3) is 0.353. The molecule has 0 unspecified atom stereocenters. The number of hydrogen-bond acceptors (Lipinski definition) is 3. The van der Waals surface area contributed by atoms with Crippen molar-refractivity contribution in [2.24, 2.45) is 0 Å². The maximum Gasteiger partial charge on any atom is 0.219 e. The molecular weight excluding hydrogens is 330 g/mol. The number of aliphatic hydroxyl groups excluding tert-OH is 1. The summed E-state index contributed by atoms with van der Waals surface area (Å²) in [7, 11) is 0. The third kappa shape index (κ3) is 4.05. The first-order valence-electron chi connectivity index (χ1n) is 6.86. The van der Waals surface area contributed by atoms with Gasteiger partial charge in [-0.3, -0.25) is 0 Å². The summed E-state index contributed by atoms with van der Waals surface area (Å²) in [5, 5.41) is 9.42. The average Bonchev–Trinajstić information content (AvgIpc) is 2.40. The largest absolute Gasteiger partial charge is 0.438 e. The van der Waals surface area contributed by atoms with E-state index in [0.717, 1.165) is 21.3 Å². The molecule has 3 nitrogen and oxygen atoms in total. The second-order valence-corrected chi connectivity index (χ2v) is 7.00.